The van der Waals surface area contributed by atoms with Crippen LogP contribution in [0, 0.1) is 28.6 Å². The molecular formula is C21H28Cl2O. The highest BCUT2D eigenvalue weighted by atomic mass is 35.5. The Bertz CT molecular complexity index is 638. The molecule has 7 atom stereocenters. The first-order chi connectivity index (χ1) is 11.2. The molecule has 4 aliphatic rings. The number of Topliss-reactive ketones (excluding diaryl/α,β-unsaturated/α-hetero) is 1. The van der Waals surface area contributed by atoms with Crippen LogP contribution in [0.5, 0.6) is 0 Å². The molecule has 0 aromatic rings. The zero-order chi connectivity index (χ0) is 17.3. The van der Waals surface area contributed by atoms with Crippen molar-refractivity contribution in [1.82, 2.24) is 0 Å². The summed E-state index contributed by atoms with van der Waals surface area (Å²) in [4.78, 5) is 11.8. The topological polar surface area (TPSA) is 17.1 Å². The third kappa shape index (κ3) is 1.92. The van der Waals surface area contributed by atoms with Gasteiger partial charge >= 0.3 is 0 Å². The molecule has 3 fully saturated rings. The summed E-state index contributed by atoms with van der Waals surface area (Å²) in [6.07, 6.45) is 13.2. The standard InChI is InChI=1S/C21H28Cl2O/c1-13(24)15-9-10-16-17-8-7-14-6-4-5-11-20(14,3)21(17,23)18(22)12-19(15,16)2/h5-6,11,15-18H,4,7-10,12H2,1-3H3/t15-,16+,17+,18+,19-,20+,21+/m1/s1. The van der Waals surface area contributed by atoms with Gasteiger partial charge in [-0.2, -0.15) is 0 Å². The molecule has 3 heteroatoms. The highest BCUT2D eigenvalue weighted by Gasteiger charge is 2.68. The van der Waals surface area contributed by atoms with Crippen LogP contribution in [-0.4, -0.2) is 16.0 Å². The minimum atomic E-state index is -0.425. The van der Waals surface area contributed by atoms with E-state index in [0.29, 0.717) is 17.6 Å². The Kier molecular flexibility index (Phi) is 3.84. The van der Waals surface area contributed by atoms with E-state index in [-0.39, 0.29) is 22.1 Å². The van der Waals surface area contributed by atoms with Crippen LogP contribution in [0.3, 0.4) is 0 Å². The molecular weight excluding hydrogens is 339 g/mol. The van der Waals surface area contributed by atoms with Gasteiger partial charge in [-0.3, -0.25) is 4.79 Å². The summed E-state index contributed by atoms with van der Waals surface area (Å²) in [5.74, 6) is 1.42. The summed E-state index contributed by atoms with van der Waals surface area (Å²) in [5.41, 5.74) is 1.36. The number of allylic oxidation sites excluding steroid dienone is 4. The molecule has 0 aliphatic heterocycles. The molecule has 132 valence electrons. The Morgan fingerprint density at radius 2 is 1.96 bits per heavy atom. The van der Waals surface area contributed by atoms with E-state index in [9.17, 15) is 4.79 Å². The van der Waals surface area contributed by atoms with Crippen LogP contribution in [-0.2, 0) is 4.79 Å². The molecule has 0 saturated heterocycles. The lowest BCUT2D eigenvalue weighted by atomic mass is 9.47. The highest BCUT2D eigenvalue weighted by Crippen LogP contribution is 2.70. The second kappa shape index (κ2) is 5.36. The first-order valence-corrected chi connectivity index (χ1v) is 10.3. The zero-order valence-electron chi connectivity index (χ0n) is 14.9. The molecule has 0 N–H and O–H groups in total. The monoisotopic (exact) mass is 366 g/mol. The Morgan fingerprint density at radius 3 is 2.67 bits per heavy atom. The molecule has 1 nitrogen and oxygen atoms in total. The van der Waals surface area contributed by atoms with Crippen molar-refractivity contribution in [3.05, 3.63) is 23.8 Å². The maximum absolute atomic E-state index is 12.2. The third-order valence-electron chi connectivity index (χ3n) is 8.14. The number of hydrogen-bond donors (Lipinski definition) is 0. The predicted octanol–water partition coefficient (Wildman–Crippen LogP) is 5.90. The second-order valence-electron chi connectivity index (χ2n) is 9.01. The molecule has 24 heavy (non-hydrogen) atoms. The Labute approximate surface area is 155 Å². The fourth-order valence-corrected chi connectivity index (χ4v) is 8.19. The lowest BCUT2D eigenvalue weighted by Gasteiger charge is -2.63. The first-order valence-electron chi connectivity index (χ1n) is 9.46. The maximum atomic E-state index is 12.2. The fraction of sp³-hybridized carbons (Fsp3) is 0.762. The average molecular weight is 367 g/mol. The van der Waals surface area contributed by atoms with Crippen LogP contribution in [0.15, 0.2) is 23.8 Å². The van der Waals surface area contributed by atoms with Crippen molar-refractivity contribution < 1.29 is 4.79 Å². The summed E-state index contributed by atoms with van der Waals surface area (Å²) in [6, 6.07) is 0. The van der Waals surface area contributed by atoms with E-state index in [2.05, 4.69) is 32.1 Å². The number of alkyl halides is 2. The van der Waals surface area contributed by atoms with E-state index in [1.807, 2.05) is 0 Å². The van der Waals surface area contributed by atoms with Crippen LogP contribution in [0.1, 0.15) is 59.3 Å². The third-order valence-corrected chi connectivity index (χ3v) is 9.69. The van der Waals surface area contributed by atoms with Gasteiger partial charge in [0.25, 0.3) is 0 Å². The number of halogens is 2. The lowest BCUT2D eigenvalue weighted by Crippen LogP contribution is -2.64. The molecule has 0 radical (unpaired) electrons. The van der Waals surface area contributed by atoms with Gasteiger partial charge in [-0.25, -0.2) is 0 Å². The molecule has 0 spiro atoms. The summed E-state index contributed by atoms with van der Waals surface area (Å²) in [5, 5.41) is -0.0955. The lowest BCUT2D eigenvalue weighted by molar-refractivity contribution is -0.126. The van der Waals surface area contributed by atoms with Crippen LogP contribution in [0.25, 0.3) is 0 Å². The van der Waals surface area contributed by atoms with Gasteiger partial charge in [0.1, 0.15) is 5.78 Å². The van der Waals surface area contributed by atoms with Gasteiger partial charge in [-0.05, 0) is 62.7 Å². The van der Waals surface area contributed by atoms with E-state index in [4.69, 9.17) is 23.2 Å². The van der Waals surface area contributed by atoms with Gasteiger partial charge < -0.3 is 0 Å². The van der Waals surface area contributed by atoms with E-state index in [1.165, 1.54) is 5.57 Å². The zero-order valence-corrected chi connectivity index (χ0v) is 16.5. The van der Waals surface area contributed by atoms with E-state index < -0.39 is 4.87 Å². The molecule has 3 saturated carbocycles. The molecule has 0 bridgehead atoms. The van der Waals surface area contributed by atoms with Crippen LogP contribution < -0.4 is 0 Å². The van der Waals surface area contributed by atoms with Crippen molar-refractivity contribution >= 4 is 29.0 Å². The normalized spacial score (nSPS) is 53.0. The Hall–Kier alpha value is -0.270. The van der Waals surface area contributed by atoms with Crippen molar-refractivity contribution in [2.45, 2.75) is 69.5 Å². The molecule has 0 aromatic heterocycles. The van der Waals surface area contributed by atoms with Gasteiger partial charge in [0.2, 0.25) is 0 Å². The molecule has 0 aromatic carbocycles. The summed E-state index contributed by atoms with van der Waals surface area (Å²) < 4.78 is 0. The summed E-state index contributed by atoms with van der Waals surface area (Å²) >= 11 is 14.6. The van der Waals surface area contributed by atoms with Gasteiger partial charge in [0.05, 0.1) is 10.3 Å². The van der Waals surface area contributed by atoms with Gasteiger partial charge in [0, 0.05) is 11.3 Å². The highest BCUT2D eigenvalue weighted by molar-refractivity contribution is 6.33. The summed E-state index contributed by atoms with van der Waals surface area (Å²) in [6.45, 7) is 6.37. The number of hydrogen-bond acceptors (Lipinski definition) is 1. The number of carbonyl (C=O) groups excluding carboxylic acids is 1. The van der Waals surface area contributed by atoms with Gasteiger partial charge in [-0.1, -0.05) is 37.6 Å². The largest absolute Gasteiger partial charge is 0.300 e. The molecule has 0 heterocycles. The van der Waals surface area contributed by atoms with Gasteiger partial charge in [-0.15, -0.1) is 23.2 Å². The number of rotatable bonds is 1. The SMILES string of the molecule is CC(=O)[C@H]1CC[C@H]2[C@@H]3CCC4=CCC=C[C@]4(C)[C@@]3(Cl)[C@@H](Cl)C[C@]12C. The minimum Gasteiger partial charge on any atom is -0.300 e. The number of ketones is 1. The Morgan fingerprint density at radius 1 is 1.21 bits per heavy atom. The van der Waals surface area contributed by atoms with E-state index in [0.717, 1.165) is 38.5 Å². The van der Waals surface area contributed by atoms with Gasteiger partial charge in [0.15, 0.2) is 0 Å². The van der Waals surface area contributed by atoms with Crippen molar-refractivity contribution in [2.24, 2.45) is 28.6 Å². The molecule has 0 amide bonds. The molecule has 0 unspecified atom stereocenters. The minimum absolute atomic E-state index is 0.0251. The van der Waals surface area contributed by atoms with Crippen molar-refractivity contribution in [1.29, 1.82) is 0 Å². The fourth-order valence-electron chi connectivity index (χ4n) is 6.95. The van der Waals surface area contributed by atoms with E-state index >= 15 is 0 Å². The van der Waals surface area contributed by atoms with Crippen molar-refractivity contribution in [3.63, 3.8) is 0 Å². The number of carbonyl (C=O) groups is 1. The van der Waals surface area contributed by atoms with Crippen molar-refractivity contribution in [3.8, 4) is 0 Å². The van der Waals surface area contributed by atoms with Crippen LogP contribution in [0.2, 0.25) is 0 Å². The quantitative estimate of drug-likeness (QED) is 0.417. The number of fused-ring (bicyclic) bond motifs is 5. The maximum Gasteiger partial charge on any atom is 0.133 e. The Balaban J connectivity index is 1.80. The smallest absolute Gasteiger partial charge is 0.133 e. The van der Waals surface area contributed by atoms with Crippen LogP contribution >= 0.6 is 23.2 Å². The predicted molar refractivity (Wildman–Crippen MR) is 101 cm³/mol. The molecule has 4 rings (SSSR count). The van der Waals surface area contributed by atoms with E-state index in [1.54, 1.807) is 6.92 Å². The second-order valence-corrected chi connectivity index (χ2v) is 10.2. The van der Waals surface area contributed by atoms with Crippen LogP contribution in [0.4, 0.5) is 0 Å². The first kappa shape index (κ1) is 17.2. The molecule has 4 aliphatic carbocycles. The van der Waals surface area contributed by atoms with Crippen molar-refractivity contribution in [2.75, 3.05) is 0 Å². The average Bonchev–Trinajstić information content (AvgIpc) is 2.85. The summed E-state index contributed by atoms with van der Waals surface area (Å²) in [7, 11) is 0.